The summed E-state index contributed by atoms with van der Waals surface area (Å²) in [5.41, 5.74) is 2.24. The summed E-state index contributed by atoms with van der Waals surface area (Å²) in [7, 11) is 0. The van der Waals surface area contributed by atoms with Crippen LogP contribution in [0.2, 0.25) is 0 Å². The third kappa shape index (κ3) is 2.07. The van der Waals surface area contributed by atoms with Gasteiger partial charge in [-0.1, -0.05) is 18.2 Å². The minimum absolute atomic E-state index is 0.126. The normalized spacial score (nSPS) is 17.2. The third-order valence-corrected chi connectivity index (χ3v) is 4.24. The predicted octanol–water partition coefficient (Wildman–Crippen LogP) is 4.18. The topological polar surface area (TPSA) is 46.5 Å². The molecule has 2 aromatic rings. The number of hydrogen-bond donors (Lipinski definition) is 1. The summed E-state index contributed by atoms with van der Waals surface area (Å²) in [6, 6.07) is 10.8. The van der Waals surface area contributed by atoms with Gasteiger partial charge in [-0.15, -0.1) is 0 Å². The average Bonchev–Trinajstić information content (AvgIpc) is 2.74. The number of cyclic esters (lactones) is 1. The van der Waals surface area contributed by atoms with E-state index >= 15 is 0 Å². The summed E-state index contributed by atoms with van der Waals surface area (Å²) in [6.45, 7) is 0. The number of rotatable bonds is 1. The smallest absolute Gasteiger partial charge is 0.339 e. The Bertz CT molecular complexity index is 659. The van der Waals surface area contributed by atoms with Gasteiger partial charge in [-0.2, -0.15) is 0 Å². The van der Waals surface area contributed by atoms with Crippen molar-refractivity contribution in [1.82, 2.24) is 0 Å². The highest BCUT2D eigenvalue weighted by Gasteiger charge is 2.32. The fraction of sp³-hybridized carbons (Fsp3) is 0.0714. The van der Waals surface area contributed by atoms with Crippen LogP contribution in [0.25, 0.3) is 0 Å². The molecule has 0 radical (unpaired) electrons. The van der Waals surface area contributed by atoms with Crippen molar-refractivity contribution in [3.8, 4) is 5.75 Å². The second-order valence-electron chi connectivity index (χ2n) is 4.21. The Kier molecular flexibility index (Phi) is 3.11. The van der Waals surface area contributed by atoms with Gasteiger partial charge in [-0.05, 0) is 55.6 Å². The molecule has 0 saturated heterocycles. The first-order chi connectivity index (χ1) is 9.08. The molecule has 0 saturated carbocycles. The van der Waals surface area contributed by atoms with Crippen molar-refractivity contribution in [1.29, 1.82) is 0 Å². The van der Waals surface area contributed by atoms with Gasteiger partial charge >= 0.3 is 5.97 Å². The van der Waals surface area contributed by atoms with Crippen molar-refractivity contribution in [2.24, 2.45) is 0 Å². The molecule has 3 rings (SSSR count). The fourth-order valence-corrected chi connectivity index (χ4v) is 3.35. The average molecular weight is 384 g/mol. The second-order valence-corrected chi connectivity index (χ2v) is 5.91. The quantitative estimate of drug-likeness (QED) is 0.751. The zero-order valence-electron chi connectivity index (χ0n) is 9.56. The van der Waals surface area contributed by atoms with E-state index in [1.54, 1.807) is 18.2 Å². The van der Waals surface area contributed by atoms with E-state index in [-0.39, 0.29) is 11.7 Å². The van der Waals surface area contributed by atoms with Crippen molar-refractivity contribution in [3.05, 3.63) is 62.0 Å². The summed E-state index contributed by atoms with van der Waals surface area (Å²) in [5, 5.41) is 9.72. The number of carbonyl (C=O) groups excluding carboxylic acids is 1. The Morgan fingerprint density at radius 3 is 2.42 bits per heavy atom. The number of fused-ring (bicyclic) bond motifs is 1. The number of benzene rings is 2. The highest BCUT2D eigenvalue weighted by Crippen LogP contribution is 2.41. The molecule has 1 aliphatic rings. The van der Waals surface area contributed by atoms with Crippen molar-refractivity contribution < 1.29 is 14.6 Å². The van der Waals surface area contributed by atoms with E-state index in [9.17, 15) is 9.90 Å². The molecule has 0 aliphatic carbocycles. The van der Waals surface area contributed by atoms with Gasteiger partial charge in [0.05, 0.1) is 14.5 Å². The molecule has 1 aliphatic heterocycles. The van der Waals surface area contributed by atoms with E-state index in [2.05, 4.69) is 31.9 Å². The first kappa shape index (κ1) is 12.7. The summed E-state index contributed by atoms with van der Waals surface area (Å²) in [5.74, 6) is -0.192. The van der Waals surface area contributed by atoms with Crippen LogP contribution < -0.4 is 0 Å². The number of hydrogen-bond acceptors (Lipinski definition) is 3. The number of phenolic OH excluding ortho intramolecular Hbond substituents is 1. The maximum Gasteiger partial charge on any atom is 0.339 e. The zero-order valence-corrected chi connectivity index (χ0v) is 12.7. The SMILES string of the molecule is O=C1OC(c2cc(Br)c(O)c(Br)c2)c2ccccc21. The molecule has 0 bridgehead atoms. The molecule has 0 aromatic heterocycles. The fourth-order valence-electron chi connectivity index (χ4n) is 2.13. The Balaban J connectivity index is 2.12. The Labute approximate surface area is 126 Å². The van der Waals surface area contributed by atoms with Gasteiger partial charge in [-0.25, -0.2) is 4.79 Å². The van der Waals surface area contributed by atoms with Gasteiger partial charge < -0.3 is 9.84 Å². The van der Waals surface area contributed by atoms with Crippen LogP contribution >= 0.6 is 31.9 Å². The number of ether oxygens (including phenoxy) is 1. The Morgan fingerprint density at radius 1 is 1.11 bits per heavy atom. The van der Waals surface area contributed by atoms with Crippen LogP contribution in [0.15, 0.2) is 45.3 Å². The molecule has 3 nitrogen and oxygen atoms in total. The van der Waals surface area contributed by atoms with E-state index in [1.807, 2.05) is 18.2 Å². The van der Waals surface area contributed by atoms with Crippen LogP contribution in [-0.2, 0) is 4.74 Å². The van der Waals surface area contributed by atoms with Crippen LogP contribution in [0, 0.1) is 0 Å². The summed E-state index contributed by atoms with van der Waals surface area (Å²) in [6.07, 6.45) is -0.433. The number of aromatic hydroxyl groups is 1. The van der Waals surface area contributed by atoms with Gasteiger partial charge in [0, 0.05) is 5.56 Å². The van der Waals surface area contributed by atoms with Crippen LogP contribution in [0.5, 0.6) is 5.75 Å². The highest BCUT2D eigenvalue weighted by atomic mass is 79.9. The predicted molar refractivity (Wildman–Crippen MR) is 77.2 cm³/mol. The molecule has 2 aromatic carbocycles. The lowest BCUT2D eigenvalue weighted by Crippen LogP contribution is -2.01. The Morgan fingerprint density at radius 2 is 1.74 bits per heavy atom. The summed E-state index contributed by atoms with van der Waals surface area (Å²) < 4.78 is 6.51. The molecular weight excluding hydrogens is 376 g/mol. The molecule has 1 unspecified atom stereocenters. The standard InChI is InChI=1S/C14H8Br2O3/c15-10-5-7(6-11(16)12(10)17)13-8-3-1-2-4-9(8)14(18)19-13/h1-6,13,17H. The van der Waals surface area contributed by atoms with Crippen LogP contribution in [0.4, 0.5) is 0 Å². The number of phenols is 1. The first-order valence-electron chi connectivity index (χ1n) is 5.55. The zero-order chi connectivity index (χ0) is 13.6. The molecule has 0 fully saturated rings. The van der Waals surface area contributed by atoms with E-state index in [0.717, 1.165) is 11.1 Å². The minimum atomic E-state index is -0.433. The molecule has 0 amide bonds. The maximum absolute atomic E-state index is 11.8. The largest absolute Gasteiger partial charge is 0.506 e. The van der Waals surface area contributed by atoms with Crippen molar-refractivity contribution in [2.75, 3.05) is 0 Å². The maximum atomic E-state index is 11.8. The monoisotopic (exact) mass is 382 g/mol. The molecule has 96 valence electrons. The van der Waals surface area contributed by atoms with E-state index in [4.69, 9.17) is 4.74 Å². The van der Waals surface area contributed by atoms with E-state index in [0.29, 0.717) is 14.5 Å². The summed E-state index contributed by atoms with van der Waals surface area (Å²) in [4.78, 5) is 11.8. The molecule has 1 heterocycles. The lowest BCUT2D eigenvalue weighted by Gasteiger charge is -2.13. The van der Waals surface area contributed by atoms with Crippen LogP contribution in [0.3, 0.4) is 0 Å². The van der Waals surface area contributed by atoms with E-state index < -0.39 is 6.10 Å². The molecule has 5 heteroatoms. The van der Waals surface area contributed by atoms with Gasteiger partial charge in [0.1, 0.15) is 5.75 Å². The lowest BCUT2D eigenvalue weighted by molar-refractivity contribution is 0.0455. The molecule has 1 N–H and O–H groups in total. The molecule has 1 atom stereocenters. The van der Waals surface area contributed by atoms with Crippen molar-refractivity contribution >= 4 is 37.8 Å². The number of carbonyl (C=O) groups is 1. The van der Waals surface area contributed by atoms with Crippen molar-refractivity contribution in [3.63, 3.8) is 0 Å². The van der Waals surface area contributed by atoms with Gasteiger partial charge in [0.25, 0.3) is 0 Å². The molecular formula is C14H8Br2O3. The second kappa shape index (κ2) is 4.65. The van der Waals surface area contributed by atoms with Crippen LogP contribution in [0.1, 0.15) is 27.6 Å². The Hall–Kier alpha value is -1.33. The number of halogens is 2. The van der Waals surface area contributed by atoms with Crippen LogP contribution in [-0.4, -0.2) is 11.1 Å². The highest BCUT2D eigenvalue weighted by molar-refractivity contribution is 9.11. The minimum Gasteiger partial charge on any atom is -0.506 e. The van der Waals surface area contributed by atoms with Gasteiger partial charge in [0.2, 0.25) is 0 Å². The summed E-state index contributed by atoms with van der Waals surface area (Å²) >= 11 is 6.56. The van der Waals surface area contributed by atoms with E-state index in [1.165, 1.54) is 0 Å². The van der Waals surface area contributed by atoms with Gasteiger partial charge in [0.15, 0.2) is 6.10 Å². The third-order valence-electron chi connectivity index (χ3n) is 3.03. The lowest BCUT2D eigenvalue weighted by atomic mass is 9.99. The number of esters is 1. The first-order valence-corrected chi connectivity index (χ1v) is 7.14. The van der Waals surface area contributed by atoms with Crippen molar-refractivity contribution in [2.45, 2.75) is 6.10 Å². The molecule has 0 spiro atoms. The molecule has 19 heavy (non-hydrogen) atoms. The van der Waals surface area contributed by atoms with Gasteiger partial charge in [-0.3, -0.25) is 0 Å².